The van der Waals surface area contributed by atoms with Crippen LogP contribution in [0, 0.1) is 0 Å². The van der Waals surface area contributed by atoms with E-state index >= 15 is 0 Å². The number of nitrogens with one attached hydrogen (secondary N) is 1. The number of carbonyl (C=O) groups excluding carboxylic acids is 1. The van der Waals surface area contributed by atoms with Gasteiger partial charge >= 0.3 is 0 Å². The Labute approximate surface area is 166 Å². The van der Waals surface area contributed by atoms with Gasteiger partial charge in [-0.15, -0.1) is 12.4 Å². The van der Waals surface area contributed by atoms with Gasteiger partial charge in [-0.05, 0) is 74.6 Å². The van der Waals surface area contributed by atoms with Crippen molar-refractivity contribution in [3.05, 3.63) is 53.1 Å². The van der Waals surface area contributed by atoms with Crippen molar-refractivity contribution in [3.8, 4) is 11.5 Å². The number of nitrogen functional groups attached to an aromatic ring is 1. The number of rotatable bonds is 5. The van der Waals surface area contributed by atoms with Crippen molar-refractivity contribution in [2.75, 3.05) is 12.8 Å². The minimum Gasteiger partial charge on any atom is -0.493 e. The Balaban J connectivity index is 0.00000261. The Kier molecular flexibility index (Phi) is 6.97. The molecule has 1 atom stereocenters. The third kappa shape index (κ3) is 4.86. The molecule has 1 unspecified atom stereocenters. The summed E-state index contributed by atoms with van der Waals surface area (Å²) in [4.78, 5) is 12.8. The van der Waals surface area contributed by atoms with Crippen LogP contribution in [0.4, 0.5) is 5.69 Å². The molecule has 2 aromatic rings. The van der Waals surface area contributed by atoms with Crippen molar-refractivity contribution in [2.45, 2.75) is 45.3 Å². The molecular formula is C21H27ClN2O3. The number of hydrogen-bond acceptors (Lipinski definition) is 4. The molecule has 0 aliphatic heterocycles. The van der Waals surface area contributed by atoms with Crippen molar-refractivity contribution < 1.29 is 14.3 Å². The number of hydrogen-bond donors (Lipinski definition) is 2. The molecular weight excluding hydrogens is 364 g/mol. The molecule has 1 aliphatic rings. The second-order valence-corrected chi connectivity index (χ2v) is 6.91. The summed E-state index contributed by atoms with van der Waals surface area (Å²) in [5.74, 6) is 1.08. The molecule has 146 valence electrons. The lowest BCUT2D eigenvalue weighted by atomic mass is 9.87. The number of anilines is 1. The molecule has 6 heteroatoms. The number of nitrogens with two attached hydrogens (primary N) is 1. The molecule has 3 rings (SSSR count). The average molecular weight is 391 g/mol. The first kappa shape index (κ1) is 20.9. The van der Waals surface area contributed by atoms with E-state index in [9.17, 15) is 4.79 Å². The van der Waals surface area contributed by atoms with Crippen LogP contribution in [0.2, 0.25) is 0 Å². The summed E-state index contributed by atoms with van der Waals surface area (Å²) in [5.41, 5.74) is 9.59. The summed E-state index contributed by atoms with van der Waals surface area (Å²) in [6.45, 7) is 3.90. The van der Waals surface area contributed by atoms with Gasteiger partial charge in [0.1, 0.15) is 0 Å². The number of aryl methyl sites for hydroxylation is 1. The normalized spacial score (nSPS) is 15.5. The minimum atomic E-state index is -0.117. The molecule has 5 nitrogen and oxygen atoms in total. The van der Waals surface area contributed by atoms with Gasteiger partial charge in [-0.1, -0.05) is 6.07 Å². The standard InChI is InChI=1S/C21H26N2O3.ClH/c1-13(2)26-19-10-7-15(12-20(19)25-3)21(24)23-18-6-4-5-14-11-16(22)8-9-17(14)18;/h7-13,18H,4-6,22H2,1-3H3,(H,23,24);1H. The number of benzene rings is 2. The highest BCUT2D eigenvalue weighted by Gasteiger charge is 2.23. The Hall–Kier alpha value is -2.40. The molecule has 27 heavy (non-hydrogen) atoms. The monoisotopic (exact) mass is 390 g/mol. The van der Waals surface area contributed by atoms with Crippen LogP contribution in [-0.2, 0) is 6.42 Å². The minimum absolute atomic E-state index is 0. The molecule has 0 radical (unpaired) electrons. The zero-order chi connectivity index (χ0) is 18.7. The molecule has 0 spiro atoms. The zero-order valence-electron chi connectivity index (χ0n) is 16.0. The van der Waals surface area contributed by atoms with Crippen LogP contribution in [0.15, 0.2) is 36.4 Å². The van der Waals surface area contributed by atoms with E-state index in [-0.39, 0.29) is 30.5 Å². The lowest BCUT2D eigenvalue weighted by Crippen LogP contribution is -2.31. The van der Waals surface area contributed by atoms with Gasteiger partial charge in [0.15, 0.2) is 11.5 Å². The lowest BCUT2D eigenvalue weighted by molar-refractivity contribution is 0.0932. The van der Waals surface area contributed by atoms with Gasteiger partial charge in [-0.2, -0.15) is 0 Å². The van der Waals surface area contributed by atoms with Gasteiger partial charge < -0.3 is 20.5 Å². The maximum absolute atomic E-state index is 12.8. The number of fused-ring (bicyclic) bond motifs is 1. The van der Waals surface area contributed by atoms with Gasteiger partial charge in [0, 0.05) is 11.3 Å². The average Bonchev–Trinajstić information content (AvgIpc) is 2.61. The number of halogens is 1. The second-order valence-electron chi connectivity index (χ2n) is 6.91. The largest absolute Gasteiger partial charge is 0.493 e. The molecule has 0 bridgehead atoms. The molecule has 1 amide bonds. The highest BCUT2D eigenvalue weighted by Crippen LogP contribution is 2.32. The second kappa shape index (κ2) is 9.00. The van der Waals surface area contributed by atoms with Gasteiger partial charge in [-0.3, -0.25) is 4.79 Å². The molecule has 3 N–H and O–H groups in total. The first-order chi connectivity index (χ1) is 12.5. The van der Waals surface area contributed by atoms with Crippen LogP contribution in [-0.4, -0.2) is 19.1 Å². The first-order valence-corrected chi connectivity index (χ1v) is 9.01. The summed E-state index contributed by atoms with van der Waals surface area (Å²) in [7, 11) is 1.58. The molecule has 0 aromatic heterocycles. The van der Waals surface area contributed by atoms with Crippen LogP contribution in [0.5, 0.6) is 11.5 Å². The highest BCUT2D eigenvalue weighted by atomic mass is 35.5. The molecule has 0 saturated carbocycles. The Morgan fingerprint density at radius 2 is 1.96 bits per heavy atom. The highest BCUT2D eigenvalue weighted by molar-refractivity contribution is 5.95. The summed E-state index contributed by atoms with van der Waals surface area (Å²) in [6.07, 6.45) is 3.00. The van der Waals surface area contributed by atoms with Crippen molar-refractivity contribution in [1.82, 2.24) is 5.32 Å². The van der Waals surface area contributed by atoms with Gasteiger partial charge in [0.25, 0.3) is 5.91 Å². The van der Waals surface area contributed by atoms with E-state index in [1.807, 2.05) is 32.0 Å². The Bertz CT molecular complexity index is 808. The summed E-state index contributed by atoms with van der Waals surface area (Å²) < 4.78 is 11.1. The smallest absolute Gasteiger partial charge is 0.251 e. The predicted molar refractivity (Wildman–Crippen MR) is 110 cm³/mol. The topological polar surface area (TPSA) is 73.6 Å². The fourth-order valence-electron chi connectivity index (χ4n) is 3.39. The molecule has 1 aliphatic carbocycles. The summed E-state index contributed by atoms with van der Waals surface area (Å²) in [5, 5.41) is 3.15. The molecule has 0 saturated heterocycles. The van der Waals surface area contributed by atoms with Crippen LogP contribution >= 0.6 is 12.4 Å². The zero-order valence-corrected chi connectivity index (χ0v) is 16.8. The Morgan fingerprint density at radius 3 is 2.67 bits per heavy atom. The van der Waals surface area contributed by atoms with E-state index in [1.54, 1.807) is 25.3 Å². The van der Waals surface area contributed by atoms with Gasteiger partial charge in [0.05, 0.1) is 19.3 Å². The molecule has 0 heterocycles. The maximum atomic E-state index is 12.8. The van der Waals surface area contributed by atoms with Crippen LogP contribution in [0.3, 0.4) is 0 Å². The van der Waals surface area contributed by atoms with Crippen molar-refractivity contribution in [1.29, 1.82) is 0 Å². The van der Waals surface area contributed by atoms with Gasteiger partial charge in [-0.25, -0.2) is 0 Å². The van der Waals surface area contributed by atoms with E-state index in [1.165, 1.54) is 5.56 Å². The van der Waals surface area contributed by atoms with E-state index in [2.05, 4.69) is 5.32 Å². The summed E-state index contributed by atoms with van der Waals surface area (Å²) in [6, 6.07) is 11.2. The van der Waals surface area contributed by atoms with E-state index in [0.29, 0.717) is 17.1 Å². The van der Waals surface area contributed by atoms with Crippen molar-refractivity contribution in [2.24, 2.45) is 0 Å². The van der Waals surface area contributed by atoms with Crippen LogP contribution in [0.1, 0.15) is 54.2 Å². The predicted octanol–water partition coefficient (Wildman–Crippen LogP) is 4.29. The SMILES string of the molecule is COc1cc(C(=O)NC2CCCc3cc(N)ccc32)ccc1OC(C)C.Cl. The first-order valence-electron chi connectivity index (χ1n) is 9.01. The Morgan fingerprint density at radius 1 is 1.19 bits per heavy atom. The number of ether oxygens (including phenoxy) is 2. The molecule has 2 aromatic carbocycles. The molecule has 0 fully saturated rings. The van der Waals surface area contributed by atoms with Crippen molar-refractivity contribution >= 4 is 24.0 Å². The van der Waals surface area contributed by atoms with Crippen molar-refractivity contribution in [3.63, 3.8) is 0 Å². The quantitative estimate of drug-likeness (QED) is 0.746. The van der Waals surface area contributed by atoms with E-state index in [0.717, 1.165) is 30.5 Å². The van der Waals surface area contributed by atoms with Gasteiger partial charge in [0.2, 0.25) is 0 Å². The third-order valence-electron chi connectivity index (χ3n) is 4.58. The number of methoxy groups -OCH3 is 1. The van der Waals surface area contributed by atoms with Crippen LogP contribution in [0.25, 0.3) is 0 Å². The third-order valence-corrected chi connectivity index (χ3v) is 4.58. The fourth-order valence-corrected chi connectivity index (χ4v) is 3.39. The summed E-state index contributed by atoms with van der Waals surface area (Å²) >= 11 is 0. The number of amides is 1. The van der Waals surface area contributed by atoms with Crippen LogP contribution < -0.4 is 20.5 Å². The van der Waals surface area contributed by atoms with E-state index < -0.39 is 0 Å². The van der Waals surface area contributed by atoms with E-state index in [4.69, 9.17) is 15.2 Å². The fraction of sp³-hybridized carbons (Fsp3) is 0.381. The maximum Gasteiger partial charge on any atom is 0.251 e. The number of carbonyl (C=O) groups is 1. The lowest BCUT2D eigenvalue weighted by Gasteiger charge is -2.27.